The molecule has 1 aromatic rings. The van der Waals surface area contributed by atoms with Crippen LogP contribution in [-0.4, -0.2) is 55.3 Å². The minimum atomic E-state index is -5.18. The van der Waals surface area contributed by atoms with Gasteiger partial charge in [-0.2, -0.15) is 8.42 Å². The van der Waals surface area contributed by atoms with E-state index >= 15 is 0 Å². The zero-order chi connectivity index (χ0) is 14.9. The first-order chi connectivity index (χ1) is 9.26. The van der Waals surface area contributed by atoms with Crippen LogP contribution in [0.1, 0.15) is 10.4 Å². The Kier molecular flexibility index (Phi) is 3.57. The average molecular weight is 303 g/mol. The van der Waals surface area contributed by atoms with E-state index in [0.29, 0.717) is 0 Å². The van der Waals surface area contributed by atoms with Crippen LogP contribution in [0.5, 0.6) is 5.75 Å². The quantitative estimate of drug-likeness (QED) is 0.701. The summed E-state index contributed by atoms with van der Waals surface area (Å²) in [5, 5.41) is 0. The highest BCUT2D eigenvalue weighted by Crippen LogP contribution is 2.17. The second-order valence-electron chi connectivity index (χ2n) is 4.12. The average Bonchev–Trinajstić information content (AvgIpc) is 2.67. The number of carbonyl (C=O) groups excluding carboxylic acids is 2. The molecule has 0 unspecified atom stereocenters. The van der Waals surface area contributed by atoms with Crippen LogP contribution in [0, 0.1) is 0 Å². The van der Waals surface area contributed by atoms with Gasteiger partial charge < -0.3 is 14.0 Å². The van der Waals surface area contributed by atoms with Gasteiger partial charge in [0.1, 0.15) is 6.54 Å². The van der Waals surface area contributed by atoms with Gasteiger partial charge in [-0.15, -0.1) is 0 Å². The van der Waals surface area contributed by atoms with Crippen molar-refractivity contribution in [2.24, 2.45) is 0 Å². The molecular formula is C10H10FN3O5S. The van der Waals surface area contributed by atoms with Gasteiger partial charge in [-0.3, -0.25) is 14.6 Å². The molecule has 0 atom stereocenters. The SMILES string of the molecule is CN1CN(C(=O)c2cncc(OS(=O)(=O)F)c2)CC1=O. The highest BCUT2D eigenvalue weighted by Gasteiger charge is 2.29. The normalized spacial score (nSPS) is 15.6. The summed E-state index contributed by atoms with van der Waals surface area (Å²) in [6.45, 7) is 0.0337. The van der Waals surface area contributed by atoms with Crippen LogP contribution in [0.3, 0.4) is 0 Å². The standard InChI is InChI=1S/C10H10FN3O5S/c1-13-6-14(5-9(13)15)10(16)7-2-8(4-12-3-7)19-20(11,17)18/h2-4H,5-6H2,1H3. The fourth-order valence-electron chi connectivity index (χ4n) is 1.68. The van der Waals surface area contributed by atoms with Gasteiger partial charge in [0.25, 0.3) is 5.91 Å². The van der Waals surface area contributed by atoms with Gasteiger partial charge in [-0.25, -0.2) is 0 Å². The molecule has 0 radical (unpaired) electrons. The highest BCUT2D eigenvalue weighted by molar-refractivity contribution is 7.81. The van der Waals surface area contributed by atoms with Crippen molar-refractivity contribution in [2.45, 2.75) is 0 Å². The van der Waals surface area contributed by atoms with Crippen molar-refractivity contribution in [3.8, 4) is 5.75 Å². The van der Waals surface area contributed by atoms with Crippen LogP contribution >= 0.6 is 0 Å². The molecule has 1 aromatic heterocycles. The largest absolute Gasteiger partial charge is 0.488 e. The fraction of sp³-hybridized carbons (Fsp3) is 0.300. The van der Waals surface area contributed by atoms with Gasteiger partial charge in [0.2, 0.25) is 5.91 Å². The fourth-order valence-corrected chi connectivity index (χ4v) is 2.00. The molecule has 0 N–H and O–H groups in total. The van der Waals surface area contributed by atoms with Crippen LogP contribution in [0.25, 0.3) is 0 Å². The van der Waals surface area contributed by atoms with Gasteiger partial charge in [0.15, 0.2) is 5.75 Å². The van der Waals surface area contributed by atoms with Gasteiger partial charge in [0.05, 0.1) is 18.4 Å². The van der Waals surface area contributed by atoms with Crippen LogP contribution in [0.4, 0.5) is 3.89 Å². The first-order valence-corrected chi connectivity index (χ1v) is 6.69. The molecule has 10 heteroatoms. The number of hydrogen-bond acceptors (Lipinski definition) is 6. The number of carbonyl (C=O) groups is 2. The van der Waals surface area contributed by atoms with E-state index in [-0.39, 0.29) is 24.7 Å². The van der Waals surface area contributed by atoms with Gasteiger partial charge >= 0.3 is 10.5 Å². The third-order valence-electron chi connectivity index (χ3n) is 2.58. The van der Waals surface area contributed by atoms with Crippen molar-refractivity contribution < 1.29 is 26.1 Å². The molecule has 1 aliphatic rings. The molecule has 1 saturated heterocycles. The van der Waals surface area contributed by atoms with E-state index in [1.807, 2.05) is 0 Å². The van der Waals surface area contributed by atoms with Gasteiger partial charge in [-0.05, 0) is 6.07 Å². The van der Waals surface area contributed by atoms with Crippen LogP contribution in [0.15, 0.2) is 18.5 Å². The Bertz CT molecular complexity index is 663. The molecule has 0 aliphatic carbocycles. The van der Waals surface area contributed by atoms with Crippen molar-refractivity contribution in [2.75, 3.05) is 20.3 Å². The van der Waals surface area contributed by atoms with E-state index in [1.54, 1.807) is 7.05 Å². The molecule has 1 fully saturated rings. The number of rotatable bonds is 3. The minimum Gasteiger partial charge on any atom is -0.357 e. The molecule has 2 rings (SSSR count). The maximum Gasteiger partial charge on any atom is 0.488 e. The van der Waals surface area contributed by atoms with Gasteiger partial charge in [0, 0.05) is 13.2 Å². The molecule has 0 spiro atoms. The summed E-state index contributed by atoms with van der Waals surface area (Å²) in [5.41, 5.74) is -0.00532. The summed E-state index contributed by atoms with van der Waals surface area (Å²) in [6.07, 6.45) is 2.12. The minimum absolute atomic E-state index is 0.00532. The molecule has 0 aromatic carbocycles. The predicted molar refractivity (Wildman–Crippen MR) is 63.6 cm³/mol. The Morgan fingerprint density at radius 3 is 2.70 bits per heavy atom. The van der Waals surface area contributed by atoms with Crippen molar-refractivity contribution in [3.63, 3.8) is 0 Å². The Morgan fingerprint density at radius 2 is 2.15 bits per heavy atom. The maximum atomic E-state index is 12.4. The first kappa shape index (κ1) is 14.2. The number of pyridine rings is 1. The van der Waals surface area contributed by atoms with Crippen molar-refractivity contribution in [3.05, 3.63) is 24.0 Å². The zero-order valence-corrected chi connectivity index (χ0v) is 11.1. The van der Waals surface area contributed by atoms with E-state index in [0.717, 1.165) is 12.3 Å². The number of nitrogens with zero attached hydrogens (tertiary/aromatic N) is 3. The monoisotopic (exact) mass is 303 g/mol. The lowest BCUT2D eigenvalue weighted by atomic mass is 10.2. The molecular weight excluding hydrogens is 293 g/mol. The molecule has 0 saturated carbocycles. The van der Waals surface area contributed by atoms with Crippen LogP contribution in [-0.2, 0) is 15.3 Å². The smallest absolute Gasteiger partial charge is 0.357 e. The lowest BCUT2D eigenvalue weighted by Gasteiger charge is -2.14. The topological polar surface area (TPSA) is 96.9 Å². The summed E-state index contributed by atoms with van der Waals surface area (Å²) in [5.74, 6) is -1.17. The van der Waals surface area contributed by atoms with E-state index in [9.17, 15) is 21.9 Å². The Balaban J connectivity index is 2.19. The van der Waals surface area contributed by atoms with Crippen LogP contribution < -0.4 is 4.18 Å². The summed E-state index contributed by atoms with van der Waals surface area (Å²) in [7, 11) is -3.64. The maximum absolute atomic E-state index is 12.4. The second kappa shape index (κ2) is 5.04. The van der Waals surface area contributed by atoms with Crippen LogP contribution in [0.2, 0.25) is 0 Å². The third-order valence-corrected chi connectivity index (χ3v) is 2.97. The van der Waals surface area contributed by atoms with E-state index in [4.69, 9.17) is 0 Å². The van der Waals surface area contributed by atoms with Crippen molar-refractivity contribution in [1.29, 1.82) is 0 Å². The summed E-state index contributed by atoms with van der Waals surface area (Å²) in [6, 6.07) is 1.04. The molecule has 1 aliphatic heterocycles. The number of likely N-dealkylation sites (N-methyl/N-ethyl adjacent to an activating group) is 1. The molecule has 2 amide bonds. The summed E-state index contributed by atoms with van der Waals surface area (Å²) < 4.78 is 37.1. The molecule has 8 nitrogen and oxygen atoms in total. The van der Waals surface area contributed by atoms with Crippen molar-refractivity contribution in [1.82, 2.24) is 14.8 Å². The van der Waals surface area contributed by atoms with E-state index < -0.39 is 22.2 Å². The lowest BCUT2D eigenvalue weighted by Crippen LogP contribution is -2.30. The Morgan fingerprint density at radius 1 is 1.45 bits per heavy atom. The summed E-state index contributed by atoms with van der Waals surface area (Å²) in [4.78, 5) is 29.6. The predicted octanol–water partition coefficient (Wildman–Crippen LogP) is -0.454. The highest BCUT2D eigenvalue weighted by atomic mass is 32.3. The molecule has 108 valence electrons. The zero-order valence-electron chi connectivity index (χ0n) is 10.3. The molecule has 2 heterocycles. The van der Waals surface area contributed by atoms with Gasteiger partial charge in [-0.1, -0.05) is 3.89 Å². The number of hydrogen-bond donors (Lipinski definition) is 0. The number of aromatic nitrogens is 1. The third kappa shape index (κ3) is 3.20. The molecule has 0 bridgehead atoms. The molecule has 20 heavy (non-hydrogen) atoms. The number of amides is 2. The van der Waals surface area contributed by atoms with E-state index in [2.05, 4.69) is 9.17 Å². The Hall–Kier alpha value is -2.23. The summed E-state index contributed by atoms with van der Waals surface area (Å²) >= 11 is 0. The first-order valence-electron chi connectivity index (χ1n) is 5.38. The Labute approximate surface area is 114 Å². The lowest BCUT2D eigenvalue weighted by molar-refractivity contribution is -0.125. The number of halogens is 1. The second-order valence-corrected chi connectivity index (χ2v) is 5.07. The van der Waals surface area contributed by atoms with E-state index in [1.165, 1.54) is 16.0 Å². The van der Waals surface area contributed by atoms with Crippen molar-refractivity contribution >= 4 is 22.3 Å².